The van der Waals surface area contributed by atoms with E-state index in [9.17, 15) is 9.18 Å². The minimum atomic E-state index is -0.277. The maximum atomic E-state index is 13.6. The number of halogens is 1. The first-order valence-corrected chi connectivity index (χ1v) is 12.0. The van der Waals surface area contributed by atoms with Gasteiger partial charge in [-0.2, -0.15) is 5.10 Å². The van der Waals surface area contributed by atoms with Gasteiger partial charge in [-0.15, -0.1) is 0 Å². The van der Waals surface area contributed by atoms with E-state index in [0.29, 0.717) is 0 Å². The van der Waals surface area contributed by atoms with Crippen molar-refractivity contribution in [2.45, 2.75) is 31.8 Å². The van der Waals surface area contributed by atoms with E-state index in [1.54, 1.807) is 23.0 Å². The Balaban J connectivity index is 1.39. The lowest BCUT2D eigenvalue weighted by atomic mass is 9.94. The van der Waals surface area contributed by atoms with E-state index in [4.69, 9.17) is 0 Å². The molecule has 1 aliphatic heterocycles. The van der Waals surface area contributed by atoms with Gasteiger partial charge < -0.3 is 10.2 Å². The fourth-order valence-electron chi connectivity index (χ4n) is 5.11. The van der Waals surface area contributed by atoms with Crippen LogP contribution in [-0.4, -0.2) is 28.3 Å². The summed E-state index contributed by atoms with van der Waals surface area (Å²) < 4.78 is 15.2. The Morgan fingerprint density at radius 3 is 2.47 bits per heavy atom. The Kier molecular flexibility index (Phi) is 5.18. The lowest BCUT2D eigenvalue weighted by Crippen LogP contribution is -2.39. The van der Waals surface area contributed by atoms with Gasteiger partial charge in [-0.05, 0) is 73.3 Å². The van der Waals surface area contributed by atoms with Crippen LogP contribution in [-0.2, 0) is 4.79 Å². The van der Waals surface area contributed by atoms with Crippen LogP contribution in [0.1, 0.15) is 31.4 Å². The van der Waals surface area contributed by atoms with Crippen molar-refractivity contribution in [3.8, 4) is 5.69 Å². The summed E-state index contributed by atoms with van der Waals surface area (Å²) in [7, 11) is 0. The summed E-state index contributed by atoms with van der Waals surface area (Å²) in [5, 5.41) is 9.19. The van der Waals surface area contributed by atoms with Gasteiger partial charge in [-0.3, -0.25) is 4.79 Å². The molecule has 34 heavy (non-hydrogen) atoms. The molecule has 1 aliphatic carbocycles. The molecule has 2 fully saturated rings. The molecule has 1 N–H and O–H groups in total. The molecule has 3 atom stereocenters. The smallest absolute Gasteiger partial charge is 0.232 e. The van der Waals surface area contributed by atoms with Crippen LogP contribution in [0, 0.1) is 17.7 Å². The zero-order valence-corrected chi connectivity index (χ0v) is 19.1. The average molecular weight is 455 g/mol. The van der Waals surface area contributed by atoms with Crippen LogP contribution in [0.5, 0.6) is 0 Å². The molecule has 0 unspecified atom stereocenters. The second-order valence-corrected chi connectivity index (χ2v) is 9.51. The molecule has 172 valence electrons. The molecule has 2 heterocycles. The van der Waals surface area contributed by atoms with E-state index >= 15 is 0 Å². The van der Waals surface area contributed by atoms with Crippen molar-refractivity contribution < 1.29 is 9.18 Å². The Hall–Kier alpha value is -3.51. The molecule has 3 aromatic carbocycles. The van der Waals surface area contributed by atoms with E-state index in [1.165, 1.54) is 25.0 Å². The van der Waals surface area contributed by atoms with Gasteiger partial charge in [0.1, 0.15) is 5.82 Å². The number of carbonyl (C=O) groups excluding carboxylic acids is 1. The number of aromatic nitrogens is 2. The molecule has 1 aromatic heterocycles. The molecule has 1 amide bonds. The fourth-order valence-corrected chi connectivity index (χ4v) is 5.11. The molecule has 0 spiro atoms. The second kappa shape index (κ2) is 8.37. The predicted molar refractivity (Wildman–Crippen MR) is 131 cm³/mol. The van der Waals surface area contributed by atoms with Crippen LogP contribution in [0.3, 0.4) is 0 Å². The molecule has 1 saturated heterocycles. The first-order valence-electron chi connectivity index (χ1n) is 12.0. The van der Waals surface area contributed by atoms with Crippen molar-refractivity contribution >= 4 is 22.5 Å². The summed E-state index contributed by atoms with van der Waals surface area (Å²) in [5.41, 5.74) is 3.71. The van der Waals surface area contributed by atoms with Gasteiger partial charge in [0.2, 0.25) is 5.91 Å². The molecular formula is C28H27FN4O. The first kappa shape index (κ1) is 21.1. The quantitative estimate of drug-likeness (QED) is 0.433. The molecule has 6 rings (SSSR count). The number of amides is 1. The monoisotopic (exact) mass is 454 g/mol. The summed E-state index contributed by atoms with van der Waals surface area (Å²) in [6, 6.07) is 22.6. The third kappa shape index (κ3) is 3.68. The minimum Gasteiger partial charge on any atom is -0.311 e. The van der Waals surface area contributed by atoms with Crippen LogP contribution in [0.25, 0.3) is 16.6 Å². The maximum absolute atomic E-state index is 13.6. The molecule has 1 saturated carbocycles. The van der Waals surface area contributed by atoms with Crippen LogP contribution in [0.4, 0.5) is 10.1 Å². The molecule has 0 bridgehead atoms. The molecule has 5 nitrogen and oxygen atoms in total. The maximum Gasteiger partial charge on any atom is 0.232 e. The topological polar surface area (TPSA) is 50.2 Å². The van der Waals surface area contributed by atoms with Crippen LogP contribution in [0.15, 0.2) is 79.0 Å². The lowest BCUT2D eigenvalue weighted by Gasteiger charge is -2.29. The van der Waals surface area contributed by atoms with Crippen LogP contribution >= 0.6 is 0 Å². The lowest BCUT2D eigenvalue weighted by molar-refractivity contribution is -0.120. The second-order valence-electron chi connectivity index (χ2n) is 9.51. The van der Waals surface area contributed by atoms with Gasteiger partial charge in [0.15, 0.2) is 0 Å². The normalized spacial score (nSPS) is 22.6. The van der Waals surface area contributed by atoms with Gasteiger partial charge in [0.05, 0.1) is 29.4 Å². The number of fused-ring (bicyclic) bond motifs is 1. The highest BCUT2D eigenvalue weighted by Crippen LogP contribution is 2.41. The van der Waals surface area contributed by atoms with Crippen LogP contribution in [0.2, 0.25) is 0 Å². The molecule has 0 radical (unpaired) electrons. The van der Waals surface area contributed by atoms with E-state index in [0.717, 1.165) is 40.3 Å². The van der Waals surface area contributed by atoms with Crippen molar-refractivity contribution in [1.29, 1.82) is 0 Å². The summed E-state index contributed by atoms with van der Waals surface area (Å²) in [6.45, 7) is 3.00. The average Bonchev–Trinajstić information content (AvgIpc) is 3.55. The van der Waals surface area contributed by atoms with Gasteiger partial charge in [-0.25, -0.2) is 9.07 Å². The van der Waals surface area contributed by atoms with Crippen molar-refractivity contribution in [3.63, 3.8) is 0 Å². The molecule has 6 heteroatoms. The number of nitrogens with zero attached hydrogens (tertiary/aromatic N) is 3. The summed E-state index contributed by atoms with van der Waals surface area (Å²) >= 11 is 0. The number of carbonyl (C=O) groups is 1. The van der Waals surface area contributed by atoms with Crippen molar-refractivity contribution in [2.24, 2.45) is 11.8 Å². The Morgan fingerprint density at radius 1 is 1.00 bits per heavy atom. The van der Waals surface area contributed by atoms with Crippen molar-refractivity contribution in [3.05, 3.63) is 90.4 Å². The highest BCUT2D eigenvalue weighted by molar-refractivity contribution is 6.00. The van der Waals surface area contributed by atoms with Crippen molar-refractivity contribution in [1.82, 2.24) is 15.1 Å². The van der Waals surface area contributed by atoms with Gasteiger partial charge in [-0.1, -0.05) is 37.3 Å². The number of rotatable bonds is 6. The minimum absolute atomic E-state index is 0.0492. The molecule has 4 aromatic rings. The van der Waals surface area contributed by atoms with Gasteiger partial charge in [0, 0.05) is 17.1 Å². The number of hydrogen-bond donors (Lipinski definition) is 1. The van der Waals surface area contributed by atoms with Crippen molar-refractivity contribution in [2.75, 3.05) is 11.4 Å². The van der Waals surface area contributed by atoms with E-state index in [2.05, 4.69) is 22.5 Å². The van der Waals surface area contributed by atoms with Gasteiger partial charge >= 0.3 is 0 Å². The van der Waals surface area contributed by atoms with E-state index in [-0.39, 0.29) is 29.7 Å². The summed E-state index contributed by atoms with van der Waals surface area (Å²) in [4.78, 5) is 15.5. The predicted octanol–water partition coefficient (Wildman–Crippen LogP) is 5.26. The SMILES string of the molecule is C[C@@H]1C(=O)N(c2ccc3c(cnn3-c3ccc(F)cc3)c2)[C@H](c2ccccc2)[C@H]1NCC1CC1. The summed E-state index contributed by atoms with van der Waals surface area (Å²) in [5.74, 6) is 0.469. The number of hydrogen-bond acceptors (Lipinski definition) is 3. The largest absolute Gasteiger partial charge is 0.311 e. The first-order chi connectivity index (χ1) is 16.6. The summed E-state index contributed by atoms with van der Waals surface area (Å²) in [6.07, 6.45) is 4.35. The number of nitrogens with one attached hydrogen (secondary N) is 1. The third-order valence-corrected chi connectivity index (χ3v) is 7.17. The molecular weight excluding hydrogens is 427 g/mol. The highest BCUT2D eigenvalue weighted by atomic mass is 19.1. The van der Waals surface area contributed by atoms with E-state index < -0.39 is 0 Å². The molecule has 2 aliphatic rings. The number of benzene rings is 3. The third-order valence-electron chi connectivity index (χ3n) is 7.17. The van der Waals surface area contributed by atoms with Crippen LogP contribution < -0.4 is 10.2 Å². The van der Waals surface area contributed by atoms with E-state index in [1.807, 2.05) is 48.2 Å². The Morgan fingerprint density at radius 2 is 1.74 bits per heavy atom. The number of anilines is 1. The zero-order chi connectivity index (χ0) is 23.2. The van der Waals surface area contributed by atoms with Gasteiger partial charge in [0.25, 0.3) is 0 Å². The Labute approximate surface area is 198 Å². The fraction of sp³-hybridized carbons (Fsp3) is 0.286. The highest BCUT2D eigenvalue weighted by Gasteiger charge is 2.47. The zero-order valence-electron chi connectivity index (χ0n) is 19.1. The Bertz CT molecular complexity index is 1330. The standard InChI is InChI=1S/C28H27FN4O/c1-18-26(30-16-19-7-8-19)27(20-5-3-2-4-6-20)32(28(18)34)24-13-14-25-21(15-24)17-31-33(25)23-11-9-22(29)10-12-23/h2-6,9-15,17-19,26-27,30H,7-8,16H2,1H3/t18-,26-,27+/m0/s1.